The van der Waals surface area contributed by atoms with E-state index in [9.17, 15) is 9.59 Å². The molecule has 1 amide bonds. The average molecular weight is 283 g/mol. The highest BCUT2D eigenvalue weighted by Crippen LogP contribution is 2.54. The van der Waals surface area contributed by atoms with Crippen molar-refractivity contribution in [3.05, 3.63) is 0 Å². The largest absolute Gasteiger partial charge is 0.469 e. The molecule has 20 heavy (non-hydrogen) atoms. The molecule has 2 unspecified atom stereocenters. The summed E-state index contributed by atoms with van der Waals surface area (Å²) >= 11 is 0. The van der Waals surface area contributed by atoms with Gasteiger partial charge >= 0.3 is 12.1 Å². The number of rotatable bonds is 2. The Morgan fingerprint density at radius 2 is 1.80 bits per heavy atom. The van der Waals surface area contributed by atoms with E-state index in [1.54, 1.807) is 0 Å². The van der Waals surface area contributed by atoms with Crippen LogP contribution in [-0.2, 0) is 14.3 Å². The lowest BCUT2D eigenvalue weighted by Gasteiger charge is -2.38. The van der Waals surface area contributed by atoms with Gasteiger partial charge in [0.2, 0.25) is 0 Å². The van der Waals surface area contributed by atoms with E-state index in [0.29, 0.717) is 6.42 Å². The summed E-state index contributed by atoms with van der Waals surface area (Å²) in [7, 11) is 1.44. The van der Waals surface area contributed by atoms with E-state index >= 15 is 0 Å². The molecule has 2 fully saturated rings. The number of hydrogen-bond acceptors (Lipinski definition) is 4. The minimum absolute atomic E-state index is 0.134. The third-order valence-corrected chi connectivity index (χ3v) is 4.45. The maximum atomic E-state index is 12.0. The van der Waals surface area contributed by atoms with Crippen molar-refractivity contribution in [3.8, 4) is 0 Å². The number of methoxy groups -OCH3 is 1. The Morgan fingerprint density at radius 3 is 2.40 bits per heavy atom. The van der Waals surface area contributed by atoms with Crippen LogP contribution in [0, 0.1) is 5.41 Å². The SMILES string of the molecule is COC(=O)C12CCCC(NC(=O)OC(C)(C)C)(CC1)C2. The fourth-order valence-electron chi connectivity index (χ4n) is 3.68. The zero-order valence-corrected chi connectivity index (χ0v) is 12.9. The van der Waals surface area contributed by atoms with Gasteiger partial charge in [-0.25, -0.2) is 4.79 Å². The highest BCUT2D eigenvalue weighted by molar-refractivity contribution is 5.78. The summed E-state index contributed by atoms with van der Waals surface area (Å²) in [6, 6.07) is 0. The van der Waals surface area contributed by atoms with Gasteiger partial charge in [0.05, 0.1) is 12.5 Å². The average Bonchev–Trinajstić information content (AvgIpc) is 2.58. The van der Waals surface area contributed by atoms with Gasteiger partial charge in [-0.2, -0.15) is 0 Å². The summed E-state index contributed by atoms with van der Waals surface area (Å²) in [5.41, 5.74) is -1.20. The molecule has 0 heterocycles. The van der Waals surface area contributed by atoms with Gasteiger partial charge < -0.3 is 14.8 Å². The van der Waals surface area contributed by atoms with Gasteiger partial charge in [-0.1, -0.05) is 0 Å². The number of fused-ring (bicyclic) bond motifs is 2. The highest BCUT2D eigenvalue weighted by Gasteiger charge is 2.56. The van der Waals surface area contributed by atoms with Crippen LogP contribution in [0.15, 0.2) is 0 Å². The van der Waals surface area contributed by atoms with E-state index in [1.807, 2.05) is 20.8 Å². The lowest BCUT2D eigenvalue weighted by atomic mass is 9.73. The van der Waals surface area contributed by atoms with Crippen LogP contribution in [0.4, 0.5) is 4.79 Å². The van der Waals surface area contributed by atoms with E-state index in [2.05, 4.69) is 5.32 Å². The van der Waals surface area contributed by atoms with Crippen LogP contribution in [-0.4, -0.2) is 30.3 Å². The van der Waals surface area contributed by atoms with Crippen LogP contribution < -0.4 is 5.32 Å². The first-order chi connectivity index (χ1) is 9.20. The molecule has 2 aliphatic rings. The van der Waals surface area contributed by atoms with Crippen LogP contribution in [0.5, 0.6) is 0 Å². The van der Waals surface area contributed by atoms with Gasteiger partial charge in [-0.3, -0.25) is 4.79 Å². The van der Waals surface area contributed by atoms with Crippen molar-refractivity contribution in [1.82, 2.24) is 5.32 Å². The number of alkyl carbamates (subject to hydrolysis) is 1. The monoisotopic (exact) mass is 283 g/mol. The standard InChI is InChI=1S/C15H25NO4/c1-13(2,3)20-12(18)16-15-7-5-6-14(10-15,8-9-15)11(17)19-4/h5-10H2,1-4H3,(H,16,18). The number of ether oxygens (including phenoxy) is 2. The highest BCUT2D eigenvalue weighted by atomic mass is 16.6. The Balaban J connectivity index is 2.06. The van der Waals surface area contributed by atoms with Crippen LogP contribution in [0.1, 0.15) is 59.3 Å². The van der Waals surface area contributed by atoms with Gasteiger partial charge in [0.25, 0.3) is 0 Å². The van der Waals surface area contributed by atoms with Crippen LogP contribution >= 0.6 is 0 Å². The summed E-state index contributed by atoms with van der Waals surface area (Å²) < 4.78 is 10.3. The number of hydrogen-bond donors (Lipinski definition) is 1. The fourth-order valence-corrected chi connectivity index (χ4v) is 3.68. The number of carbonyl (C=O) groups excluding carboxylic acids is 2. The number of amides is 1. The second-order valence-electron chi connectivity index (χ2n) is 7.21. The molecule has 2 atom stereocenters. The number of esters is 1. The molecule has 2 rings (SSSR count). The predicted octanol–water partition coefficient (Wildman–Crippen LogP) is 2.78. The smallest absolute Gasteiger partial charge is 0.408 e. The quantitative estimate of drug-likeness (QED) is 0.791. The Kier molecular flexibility index (Phi) is 3.73. The van der Waals surface area contributed by atoms with Gasteiger partial charge in [0, 0.05) is 5.54 Å². The molecule has 5 heteroatoms. The first-order valence-electron chi connectivity index (χ1n) is 7.30. The second-order valence-corrected chi connectivity index (χ2v) is 7.21. The zero-order valence-electron chi connectivity index (χ0n) is 12.9. The third-order valence-electron chi connectivity index (χ3n) is 4.45. The van der Waals surface area contributed by atoms with Gasteiger partial charge in [-0.15, -0.1) is 0 Å². The lowest BCUT2D eigenvalue weighted by molar-refractivity contribution is -0.154. The fraction of sp³-hybridized carbons (Fsp3) is 0.867. The summed E-state index contributed by atoms with van der Waals surface area (Å²) in [5, 5.41) is 3.02. The number of carbonyl (C=O) groups is 2. The Morgan fingerprint density at radius 1 is 1.10 bits per heavy atom. The van der Waals surface area contributed by atoms with Crippen molar-refractivity contribution in [1.29, 1.82) is 0 Å². The maximum Gasteiger partial charge on any atom is 0.408 e. The Bertz CT molecular complexity index is 415. The molecule has 0 radical (unpaired) electrons. The summed E-state index contributed by atoms with van der Waals surface area (Å²) in [5.74, 6) is -0.134. The molecule has 0 aromatic carbocycles. The Labute approximate surface area is 120 Å². The van der Waals surface area contributed by atoms with E-state index in [0.717, 1.165) is 32.1 Å². The molecule has 0 saturated heterocycles. The number of nitrogens with one attached hydrogen (secondary N) is 1. The van der Waals surface area contributed by atoms with Crippen LogP contribution in [0.3, 0.4) is 0 Å². The molecule has 2 saturated carbocycles. The maximum absolute atomic E-state index is 12.0. The normalized spacial score (nSPS) is 32.6. The topological polar surface area (TPSA) is 64.6 Å². The van der Waals surface area contributed by atoms with Crippen LogP contribution in [0.2, 0.25) is 0 Å². The molecule has 1 N–H and O–H groups in total. The summed E-state index contributed by atoms with van der Waals surface area (Å²) in [4.78, 5) is 24.0. The summed E-state index contributed by atoms with van der Waals surface area (Å²) in [6.45, 7) is 5.54. The van der Waals surface area contributed by atoms with E-state index < -0.39 is 11.0 Å². The van der Waals surface area contributed by atoms with Gasteiger partial charge in [-0.05, 0) is 59.3 Å². The molecule has 0 aromatic rings. The molecule has 2 bridgehead atoms. The van der Waals surface area contributed by atoms with Gasteiger partial charge in [0.1, 0.15) is 5.60 Å². The Hall–Kier alpha value is -1.26. The van der Waals surface area contributed by atoms with Gasteiger partial charge in [0.15, 0.2) is 0 Å². The molecule has 2 aliphatic carbocycles. The summed E-state index contributed by atoms with van der Waals surface area (Å²) in [6.07, 6.45) is 4.59. The first-order valence-corrected chi connectivity index (χ1v) is 7.30. The van der Waals surface area contributed by atoms with E-state index in [4.69, 9.17) is 9.47 Å². The van der Waals surface area contributed by atoms with Crippen molar-refractivity contribution >= 4 is 12.1 Å². The van der Waals surface area contributed by atoms with Crippen molar-refractivity contribution in [2.75, 3.05) is 7.11 Å². The molecule has 0 aliphatic heterocycles. The molecular formula is C15H25NO4. The second kappa shape index (κ2) is 4.93. The minimum Gasteiger partial charge on any atom is -0.469 e. The molecule has 5 nitrogen and oxygen atoms in total. The molecule has 114 valence electrons. The van der Waals surface area contributed by atoms with Crippen LogP contribution in [0.25, 0.3) is 0 Å². The van der Waals surface area contributed by atoms with E-state index in [-0.39, 0.29) is 17.6 Å². The molecule has 0 spiro atoms. The van der Waals surface area contributed by atoms with Crippen molar-refractivity contribution in [3.63, 3.8) is 0 Å². The minimum atomic E-state index is -0.507. The lowest BCUT2D eigenvalue weighted by Crippen LogP contribution is -2.51. The zero-order chi connectivity index (χ0) is 15.0. The first kappa shape index (κ1) is 15.1. The van der Waals surface area contributed by atoms with Crippen molar-refractivity contribution in [2.24, 2.45) is 5.41 Å². The third kappa shape index (κ3) is 2.91. The molecule has 0 aromatic heterocycles. The molecular weight excluding hydrogens is 258 g/mol. The van der Waals surface area contributed by atoms with E-state index in [1.165, 1.54) is 7.11 Å². The van der Waals surface area contributed by atoms with Crippen molar-refractivity contribution < 1.29 is 19.1 Å². The predicted molar refractivity (Wildman–Crippen MR) is 74.3 cm³/mol. The van der Waals surface area contributed by atoms with Crippen molar-refractivity contribution in [2.45, 2.75) is 70.4 Å².